The molecular formula is C27H32O3S. The molecule has 3 aromatic carbocycles. The number of methoxy groups -OCH3 is 1. The molecule has 3 aromatic rings. The van der Waals surface area contributed by atoms with Gasteiger partial charge in [-0.1, -0.05) is 60.7 Å². The van der Waals surface area contributed by atoms with Crippen molar-refractivity contribution in [3.05, 3.63) is 96.1 Å². The molecule has 0 spiro atoms. The maximum Gasteiger partial charge on any atom is 0.183 e. The van der Waals surface area contributed by atoms with Crippen LogP contribution in [0.1, 0.15) is 43.7 Å². The molecule has 0 fully saturated rings. The van der Waals surface area contributed by atoms with Gasteiger partial charge in [0.2, 0.25) is 0 Å². The fraction of sp³-hybridized carbons (Fsp3) is 0.333. The SMILES string of the molecule is COc1ccc(S(=O)(=O)C(C)(CCCc2ccccc2)CCCc2ccccc2)cc1. The zero-order chi connectivity index (χ0) is 22.2. The first kappa shape index (κ1) is 23.1. The molecule has 0 saturated carbocycles. The average molecular weight is 437 g/mol. The maximum absolute atomic E-state index is 13.7. The Labute approximate surface area is 187 Å². The summed E-state index contributed by atoms with van der Waals surface area (Å²) in [5.74, 6) is 0.661. The summed E-state index contributed by atoms with van der Waals surface area (Å²) in [5, 5.41) is 0. The number of rotatable bonds is 11. The third kappa shape index (κ3) is 5.98. The van der Waals surface area contributed by atoms with Crippen LogP contribution in [0, 0.1) is 0 Å². The molecule has 164 valence electrons. The first-order valence-corrected chi connectivity index (χ1v) is 12.4. The summed E-state index contributed by atoms with van der Waals surface area (Å²) in [7, 11) is -1.91. The Morgan fingerprint density at radius 3 is 1.58 bits per heavy atom. The largest absolute Gasteiger partial charge is 0.497 e. The molecule has 0 aliphatic heterocycles. The van der Waals surface area contributed by atoms with Gasteiger partial charge >= 0.3 is 0 Å². The van der Waals surface area contributed by atoms with Crippen molar-refractivity contribution in [1.82, 2.24) is 0 Å². The summed E-state index contributed by atoms with van der Waals surface area (Å²) in [6.45, 7) is 1.92. The van der Waals surface area contributed by atoms with Crippen molar-refractivity contribution in [3.8, 4) is 5.75 Å². The van der Waals surface area contributed by atoms with Crippen LogP contribution in [0.5, 0.6) is 5.75 Å². The minimum Gasteiger partial charge on any atom is -0.497 e. The Balaban J connectivity index is 1.77. The Kier molecular flexibility index (Phi) is 7.91. The van der Waals surface area contributed by atoms with E-state index < -0.39 is 14.6 Å². The van der Waals surface area contributed by atoms with Crippen LogP contribution in [-0.4, -0.2) is 20.3 Å². The third-order valence-corrected chi connectivity index (χ3v) is 8.64. The molecule has 31 heavy (non-hydrogen) atoms. The van der Waals surface area contributed by atoms with Gasteiger partial charge in [-0.05, 0) is 80.8 Å². The predicted octanol–water partition coefficient (Wildman–Crippen LogP) is 6.27. The van der Waals surface area contributed by atoms with E-state index in [2.05, 4.69) is 24.3 Å². The van der Waals surface area contributed by atoms with Crippen LogP contribution in [0.15, 0.2) is 89.8 Å². The van der Waals surface area contributed by atoms with E-state index in [1.165, 1.54) is 11.1 Å². The van der Waals surface area contributed by atoms with Crippen molar-refractivity contribution < 1.29 is 13.2 Å². The van der Waals surface area contributed by atoms with Crippen molar-refractivity contribution in [2.24, 2.45) is 0 Å². The molecule has 0 heterocycles. The van der Waals surface area contributed by atoms with E-state index in [4.69, 9.17) is 4.74 Å². The van der Waals surface area contributed by atoms with Gasteiger partial charge in [-0.3, -0.25) is 0 Å². The topological polar surface area (TPSA) is 43.4 Å². The molecule has 0 aromatic heterocycles. The zero-order valence-corrected chi connectivity index (χ0v) is 19.3. The normalized spacial score (nSPS) is 11.9. The molecule has 0 radical (unpaired) electrons. The molecule has 0 amide bonds. The minimum atomic E-state index is -3.49. The van der Waals surface area contributed by atoms with Gasteiger partial charge in [0, 0.05) is 0 Å². The first-order valence-electron chi connectivity index (χ1n) is 10.9. The minimum absolute atomic E-state index is 0.371. The summed E-state index contributed by atoms with van der Waals surface area (Å²) in [4.78, 5) is 0.371. The van der Waals surface area contributed by atoms with Crippen molar-refractivity contribution >= 4 is 9.84 Å². The van der Waals surface area contributed by atoms with E-state index in [-0.39, 0.29) is 0 Å². The fourth-order valence-corrected chi connectivity index (χ4v) is 5.94. The highest BCUT2D eigenvalue weighted by Gasteiger charge is 2.39. The number of aryl methyl sites for hydroxylation is 2. The Hall–Kier alpha value is -2.59. The van der Waals surface area contributed by atoms with Gasteiger partial charge in [0.05, 0.1) is 16.8 Å². The van der Waals surface area contributed by atoms with E-state index in [9.17, 15) is 8.42 Å². The van der Waals surface area contributed by atoms with Gasteiger partial charge in [-0.15, -0.1) is 0 Å². The van der Waals surface area contributed by atoms with Gasteiger partial charge < -0.3 is 4.74 Å². The zero-order valence-electron chi connectivity index (χ0n) is 18.5. The second kappa shape index (κ2) is 10.6. The number of ether oxygens (including phenoxy) is 1. The Morgan fingerprint density at radius 2 is 1.16 bits per heavy atom. The quantitative estimate of drug-likeness (QED) is 0.356. The number of sulfone groups is 1. The highest BCUT2D eigenvalue weighted by atomic mass is 32.2. The second-order valence-corrected chi connectivity index (χ2v) is 10.8. The summed E-state index contributed by atoms with van der Waals surface area (Å²) in [6, 6.07) is 27.3. The van der Waals surface area contributed by atoms with Gasteiger partial charge in [0.1, 0.15) is 5.75 Å². The van der Waals surface area contributed by atoms with Gasteiger partial charge in [-0.2, -0.15) is 0 Å². The van der Waals surface area contributed by atoms with Crippen molar-refractivity contribution in [2.45, 2.75) is 55.1 Å². The second-order valence-electron chi connectivity index (χ2n) is 8.31. The maximum atomic E-state index is 13.7. The van der Waals surface area contributed by atoms with Gasteiger partial charge in [-0.25, -0.2) is 8.42 Å². The van der Waals surface area contributed by atoms with Gasteiger partial charge in [0.15, 0.2) is 9.84 Å². The molecular weight excluding hydrogens is 404 g/mol. The van der Waals surface area contributed by atoms with Crippen molar-refractivity contribution in [1.29, 1.82) is 0 Å². The third-order valence-electron chi connectivity index (χ3n) is 6.05. The van der Waals surface area contributed by atoms with E-state index in [0.29, 0.717) is 23.5 Å². The Morgan fingerprint density at radius 1 is 0.710 bits per heavy atom. The molecule has 0 unspecified atom stereocenters. The predicted molar refractivity (Wildman–Crippen MR) is 127 cm³/mol. The van der Waals surface area contributed by atoms with Crippen LogP contribution in [0.2, 0.25) is 0 Å². The lowest BCUT2D eigenvalue weighted by Crippen LogP contribution is -2.36. The van der Waals surface area contributed by atoms with Crippen LogP contribution in [0.3, 0.4) is 0 Å². The lowest BCUT2D eigenvalue weighted by molar-refractivity contribution is 0.414. The van der Waals surface area contributed by atoms with Crippen LogP contribution in [0.4, 0.5) is 0 Å². The summed E-state index contributed by atoms with van der Waals surface area (Å²) in [5.41, 5.74) is 2.49. The number of hydrogen-bond donors (Lipinski definition) is 0. The molecule has 3 rings (SSSR count). The highest BCUT2D eigenvalue weighted by molar-refractivity contribution is 7.92. The molecule has 0 aliphatic carbocycles. The molecule has 4 heteroatoms. The summed E-state index contributed by atoms with van der Waals surface area (Å²) in [6.07, 6.45) is 4.69. The van der Waals surface area contributed by atoms with Crippen LogP contribution in [-0.2, 0) is 22.7 Å². The molecule has 0 N–H and O–H groups in total. The standard InChI is InChI=1S/C27H32O3S/c1-27(21-9-15-23-11-5-3-6-12-23,22-10-16-24-13-7-4-8-14-24)31(28,29)26-19-17-25(30-2)18-20-26/h3-8,11-14,17-20H,9-10,15-16,21-22H2,1-2H3. The average Bonchev–Trinajstić information content (AvgIpc) is 2.80. The van der Waals surface area contributed by atoms with Gasteiger partial charge in [0.25, 0.3) is 0 Å². The lowest BCUT2D eigenvalue weighted by atomic mass is 9.94. The first-order chi connectivity index (χ1) is 14.9. The number of hydrogen-bond acceptors (Lipinski definition) is 3. The van der Waals surface area contributed by atoms with Crippen molar-refractivity contribution in [2.75, 3.05) is 7.11 Å². The summed E-state index contributed by atoms with van der Waals surface area (Å²) >= 11 is 0. The summed E-state index contributed by atoms with van der Waals surface area (Å²) < 4.78 is 31.8. The lowest BCUT2D eigenvalue weighted by Gasteiger charge is -2.30. The van der Waals surface area contributed by atoms with E-state index in [1.54, 1.807) is 31.4 Å². The monoisotopic (exact) mass is 436 g/mol. The van der Waals surface area contributed by atoms with E-state index in [0.717, 1.165) is 25.7 Å². The van der Waals surface area contributed by atoms with Crippen LogP contribution >= 0.6 is 0 Å². The molecule has 0 saturated heterocycles. The van der Waals surface area contributed by atoms with E-state index in [1.807, 2.05) is 43.3 Å². The molecule has 3 nitrogen and oxygen atoms in total. The fourth-order valence-electron chi connectivity index (χ4n) is 4.06. The smallest absolute Gasteiger partial charge is 0.183 e. The molecule has 0 atom stereocenters. The number of benzene rings is 3. The molecule has 0 aliphatic rings. The Bertz CT molecular complexity index is 981. The van der Waals surface area contributed by atoms with E-state index >= 15 is 0 Å². The van der Waals surface area contributed by atoms with Crippen molar-refractivity contribution in [3.63, 3.8) is 0 Å². The van der Waals surface area contributed by atoms with Crippen LogP contribution < -0.4 is 4.74 Å². The van der Waals surface area contributed by atoms with Crippen LogP contribution in [0.25, 0.3) is 0 Å². The molecule has 0 bridgehead atoms. The highest BCUT2D eigenvalue weighted by Crippen LogP contribution is 2.35.